The maximum atomic E-state index is 12.1. The first-order chi connectivity index (χ1) is 10.1. The monoisotopic (exact) mass is 352 g/mol. The van der Waals surface area contributed by atoms with Crippen molar-refractivity contribution in [2.24, 2.45) is 0 Å². The predicted molar refractivity (Wildman–Crippen MR) is 87.0 cm³/mol. The second-order valence-corrected chi connectivity index (χ2v) is 6.41. The van der Waals surface area contributed by atoms with E-state index in [1.807, 2.05) is 24.3 Å². The third-order valence-electron chi connectivity index (χ3n) is 3.86. The first kappa shape index (κ1) is 16.0. The van der Waals surface area contributed by atoms with Crippen molar-refractivity contribution in [1.29, 1.82) is 0 Å². The zero-order chi connectivity index (χ0) is 15.2. The lowest BCUT2D eigenvalue weighted by Gasteiger charge is -2.33. The van der Waals surface area contributed by atoms with Gasteiger partial charge in [-0.25, -0.2) is 0 Å². The number of hydrogen-bond acceptors (Lipinski definition) is 2. The predicted octanol–water partition coefficient (Wildman–Crippen LogP) is 3.57. The van der Waals surface area contributed by atoms with Crippen LogP contribution >= 0.6 is 15.9 Å². The fourth-order valence-corrected chi connectivity index (χ4v) is 3.04. The van der Waals surface area contributed by atoms with Crippen molar-refractivity contribution in [1.82, 2.24) is 4.90 Å². The van der Waals surface area contributed by atoms with Crippen LogP contribution in [0.2, 0.25) is 0 Å². The van der Waals surface area contributed by atoms with Crippen LogP contribution in [-0.2, 0) is 9.59 Å². The van der Waals surface area contributed by atoms with Crippen molar-refractivity contribution in [2.75, 3.05) is 11.9 Å². The normalized spacial score (nSPS) is 15.5. The number of rotatable bonds is 4. The molecule has 0 heterocycles. The van der Waals surface area contributed by atoms with E-state index < -0.39 is 0 Å². The second-order valence-electron chi connectivity index (χ2n) is 5.49. The summed E-state index contributed by atoms with van der Waals surface area (Å²) in [6.45, 7) is 1.68. The number of halogens is 1. The molecule has 21 heavy (non-hydrogen) atoms. The number of anilines is 1. The van der Waals surface area contributed by atoms with Gasteiger partial charge in [0.15, 0.2) is 0 Å². The molecule has 0 aromatic heterocycles. The third-order valence-corrected chi connectivity index (χ3v) is 4.39. The molecule has 1 aliphatic carbocycles. The van der Waals surface area contributed by atoms with Crippen LogP contribution in [0.4, 0.5) is 5.69 Å². The highest BCUT2D eigenvalue weighted by molar-refractivity contribution is 9.10. The van der Waals surface area contributed by atoms with Crippen LogP contribution in [0.5, 0.6) is 0 Å². The van der Waals surface area contributed by atoms with Gasteiger partial charge < -0.3 is 10.2 Å². The number of carbonyl (C=O) groups is 2. The summed E-state index contributed by atoms with van der Waals surface area (Å²) >= 11 is 3.36. The van der Waals surface area contributed by atoms with Crippen LogP contribution in [-0.4, -0.2) is 29.3 Å². The van der Waals surface area contributed by atoms with E-state index in [1.165, 1.54) is 6.42 Å². The quantitative estimate of drug-likeness (QED) is 0.900. The number of nitrogens with zero attached hydrogens (tertiary/aromatic N) is 1. The molecule has 0 aliphatic heterocycles. The Morgan fingerprint density at radius 3 is 2.38 bits per heavy atom. The average Bonchev–Trinajstić information content (AvgIpc) is 2.48. The van der Waals surface area contributed by atoms with Crippen LogP contribution < -0.4 is 5.32 Å². The molecule has 1 aromatic carbocycles. The zero-order valence-electron chi connectivity index (χ0n) is 12.3. The molecular formula is C16H21BrN2O2. The Bertz CT molecular complexity index is 496. The number of carbonyl (C=O) groups excluding carboxylic acids is 2. The molecule has 1 fully saturated rings. The number of nitrogens with one attached hydrogen (secondary N) is 1. The first-order valence-corrected chi connectivity index (χ1v) is 8.18. The molecule has 0 unspecified atom stereocenters. The van der Waals surface area contributed by atoms with Gasteiger partial charge in [0.25, 0.3) is 0 Å². The lowest BCUT2D eigenvalue weighted by atomic mass is 9.94. The molecular weight excluding hydrogens is 332 g/mol. The third kappa shape index (κ3) is 4.84. The molecule has 5 heteroatoms. The molecule has 0 atom stereocenters. The minimum Gasteiger partial charge on any atom is -0.331 e. The van der Waals surface area contributed by atoms with Gasteiger partial charge in [0.2, 0.25) is 11.8 Å². The van der Waals surface area contributed by atoms with E-state index in [-0.39, 0.29) is 24.4 Å². The van der Waals surface area contributed by atoms with E-state index in [2.05, 4.69) is 21.2 Å². The van der Waals surface area contributed by atoms with Crippen LogP contribution in [0.3, 0.4) is 0 Å². The lowest BCUT2D eigenvalue weighted by Crippen LogP contribution is -2.44. The molecule has 0 radical (unpaired) electrons. The molecule has 1 aromatic rings. The Balaban J connectivity index is 1.94. The molecule has 1 aliphatic rings. The summed E-state index contributed by atoms with van der Waals surface area (Å²) < 4.78 is 0.966. The van der Waals surface area contributed by atoms with E-state index in [0.29, 0.717) is 0 Å². The highest BCUT2D eigenvalue weighted by Gasteiger charge is 2.24. The minimum absolute atomic E-state index is 0.0205. The van der Waals surface area contributed by atoms with Gasteiger partial charge in [0.05, 0.1) is 0 Å². The molecule has 1 N–H and O–H groups in total. The standard InChI is InChI=1S/C16H21BrN2O2/c1-12(20)19(15-5-3-2-4-6-15)11-16(21)18-14-9-7-13(17)8-10-14/h7-10,15H,2-6,11H2,1H3,(H,18,21). The summed E-state index contributed by atoms with van der Waals surface area (Å²) in [7, 11) is 0. The largest absolute Gasteiger partial charge is 0.331 e. The Morgan fingerprint density at radius 1 is 1.19 bits per heavy atom. The Labute approximate surface area is 134 Å². The van der Waals surface area contributed by atoms with Crippen molar-refractivity contribution in [3.05, 3.63) is 28.7 Å². The van der Waals surface area contributed by atoms with E-state index >= 15 is 0 Å². The molecule has 0 bridgehead atoms. The number of hydrogen-bond donors (Lipinski definition) is 1. The maximum absolute atomic E-state index is 12.1. The van der Waals surface area contributed by atoms with Gasteiger partial charge in [0, 0.05) is 23.1 Å². The van der Waals surface area contributed by atoms with Crippen LogP contribution in [0.15, 0.2) is 28.7 Å². The van der Waals surface area contributed by atoms with Crippen molar-refractivity contribution in [3.63, 3.8) is 0 Å². The summed E-state index contributed by atoms with van der Waals surface area (Å²) in [5, 5.41) is 2.84. The zero-order valence-corrected chi connectivity index (χ0v) is 13.9. The highest BCUT2D eigenvalue weighted by Crippen LogP contribution is 2.22. The Kier molecular flexibility index (Phi) is 5.79. The molecule has 2 amide bonds. The fraction of sp³-hybridized carbons (Fsp3) is 0.500. The van der Waals surface area contributed by atoms with Gasteiger partial charge in [-0.05, 0) is 37.1 Å². The Morgan fingerprint density at radius 2 is 1.81 bits per heavy atom. The van der Waals surface area contributed by atoms with E-state index in [9.17, 15) is 9.59 Å². The SMILES string of the molecule is CC(=O)N(CC(=O)Nc1ccc(Br)cc1)C1CCCCC1. The topological polar surface area (TPSA) is 49.4 Å². The molecule has 0 spiro atoms. The molecule has 1 saturated carbocycles. The summed E-state index contributed by atoms with van der Waals surface area (Å²) in [4.78, 5) is 25.7. The van der Waals surface area contributed by atoms with Crippen molar-refractivity contribution in [3.8, 4) is 0 Å². The van der Waals surface area contributed by atoms with Gasteiger partial charge in [-0.3, -0.25) is 9.59 Å². The lowest BCUT2D eigenvalue weighted by molar-refractivity contribution is -0.135. The fourth-order valence-electron chi connectivity index (χ4n) is 2.78. The maximum Gasteiger partial charge on any atom is 0.244 e. The summed E-state index contributed by atoms with van der Waals surface area (Å²) in [6.07, 6.45) is 5.52. The number of amides is 2. The van der Waals surface area contributed by atoms with E-state index in [0.717, 1.165) is 35.8 Å². The number of benzene rings is 1. The second kappa shape index (κ2) is 7.59. The highest BCUT2D eigenvalue weighted by atomic mass is 79.9. The van der Waals surface area contributed by atoms with Crippen LogP contribution in [0, 0.1) is 0 Å². The van der Waals surface area contributed by atoms with E-state index in [4.69, 9.17) is 0 Å². The van der Waals surface area contributed by atoms with Gasteiger partial charge in [-0.15, -0.1) is 0 Å². The summed E-state index contributed by atoms with van der Waals surface area (Å²) in [5.41, 5.74) is 0.746. The van der Waals surface area contributed by atoms with Crippen molar-refractivity contribution < 1.29 is 9.59 Å². The smallest absolute Gasteiger partial charge is 0.244 e. The minimum atomic E-state index is -0.141. The molecule has 0 saturated heterocycles. The Hall–Kier alpha value is -1.36. The first-order valence-electron chi connectivity index (χ1n) is 7.39. The van der Waals surface area contributed by atoms with Gasteiger partial charge in [0.1, 0.15) is 6.54 Å². The van der Waals surface area contributed by atoms with Crippen LogP contribution in [0.25, 0.3) is 0 Å². The summed E-state index contributed by atoms with van der Waals surface area (Å²) in [5.74, 6) is -0.161. The molecule has 4 nitrogen and oxygen atoms in total. The summed E-state index contributed by atoms with van der Waals surface area (Å²) in [6, 6.07) is 7.63. The van der Waals surface area contributed by atoms with E-state index in [1.54, 1.807) is 11.8 Å². The van der Waals surface area contributed by atoms with Crippen molar-refractivity contribution >= 4 is 33.4 Å². The van der Waals surface area contributed by atoms with Gasteiger partial charge in [-0.1, -0.05) is 35.2 Å². The van der Waals surface area contributed by atoms with Crippen LogP contribution in [0.1, 0.15) is 39.0 Å². The molecule has 114 valence electrons. The van der Waals surface area contributed by atoms with Crippen molar-refractivity contribution in [2.45, 2.75) is 45.1 Å². The average molecular weight is 353 g/mol. The van der Waals surface area contributed by atoms with Gasteiger partial charge in [-0.2, -0.15) is 0 Å². The molecule has 2 rings (SSSR count). The van der Waals surface area contributed by atoms with Gasteiger partial charge >= 0.3 is 0 Å².